The molecular weight excluding hydrogens is 852 g/mol. The lowest BCUT2D eigenvalue weighted by atomic mass is 9.97. The molecule has 1 aromatic heterocycles. The van der Waals surface area contributed by atoms with E-state index in [0.717, 1.165) is 80.7 Å². The van der Waals surface area contributed by atoms with Gasteiger partial charge in [0.2, 0.25) is 0 Å². The fourth-order valence-corrected chi connectivity index (χ4v) is 11.0. The first-order valence-corrected chi connectivity index (χ1v) is 24.4. The normalized spacial score (nSPS) is 18.0. The van der Waals surface area contributed by atoms with Crippen molar-refractivity contribution in [2.75, 3.05) is 53.4 Å². The number of halogens is 1. The number of nitrogens with zero attached hydrogens (tertiary/aromatic N) is 6. The number of rotatable bonds is 16. The number of piperidine rings is 1. The molecule has 2 fully saturated rings. The Bertz CT molecular complexity index is 2620. The van der Waals surface area contributed by atoms with Gasteiger partial charge < -0.3 is 10.2 Å². The predicted molar refractivity (Wildman–Crippen MR) is 256 cm³/mol. The summed E-state index contributed by atoms with van der Waals surface area (Å²) in [4.78, 5) is 29.0. The first-order valence-electron chi connectivity index (χ1n) is 21.6. The summed E-state index contributed by atoms with van der Waals surface area (Å²) in [6.07, 6.45) is 5.63. The van der Waals surface area contributed by atoms with Crippen LogP contribution in [0.1, 0.15) is 45.1 Å². The third kappa shape index (κ3) is 10.9. The van der Waals surface area contributed by atoms with Crippen LogP contribution in [0.15, 0.2) is 131 Å². The van der Waals surface area contributed by atoms with Crippen molar-refractivity contribution in [2.45, 2.75) is 74.0 Å². The highest BCUT2D eigenvalue weighted by atomic mass is 35.5. The minimum Gasteiger partial charge on any atom is -0.376 e. The molecule has 12 nitrogen and oxygen atoms in total. The van der Waals surface area contributed by atoms with E-state index in [0.29, 0.717) is 33.8 Å². The standard InChI is InChI=1S/C48H53ClN8O4S2/c1-34-9-8-10-35(2)56(34)24-23-39(32-62-41-12-4-3-5-13-41)52-45-22-20-42(30-47(45)57(58)59)63(60,61)53-48-44-21-19-40(29-46(44)50-33-51-48)55-27-25-54(26-28-55)31-37-11-6-7-14-43(37)36-15-17-38(49)18-16-36/h3-7,11-22,29-30,33-35,39,52H,8-10,23-28,31-32H2,1-2H3,(H,50,51,53). The Morgan fingerprint density at radius 1 is 0.873 bits per heavy atom. The third-order valence-electron chi connectivity index (χ3n) is 12.3. The molecule has 3 unspecified atom stereocenters. The molecule has 3 atom stereocenters. The second-order valence-corrected chi connectivity index (χ2v) is 19.7. The van der Waals surface area contributed by atoms with Gasteiger partial charge in [0.1, 0.15) is 12.0 Å². The lowest BCUT2D eigenvalue weighted by Crippen LogP contribution is -2.46. The van der Waals surface area contributed by atoms with Crippen molar-refractivity contribution in [3.8, 4) is 11.1 Å². The average molecular weight is 906 g/mol. The van der Waals surface area contributed by atoms with Gasteiger partial charge in [0.25, 0.3) is 15.7 Å². The van der Waals surface area contributed by atoms with Crippen LogP contribution in [0.25, 0.3) is 22.0 Å². The second kappa shape index (κ2) is 20.1. The quantitative estimate of drug-likeness (QED) is 0.0546. The van der Waals surface area contributed by atoms with Crippen LogP contribution in [0.5, 0.6) is 0 Å². The Balaban J connectivity index is 0.941. The largest absolute Gasteiger partial charge is 0.376 e. The maximum atomic E-state index is 13.9. The number of thioether (sulfide) groups is 1. The van der Waals surface area contributed by atoms with Gasteiger partial charge in [0, 0.05) is 90.2 Å². The summed E-state index contributed by atoms with van der Waals surface area (Å²) in [5.74, 6) is 0.776. The number of nitro benzene ring substituents is 1. The van der Waals surface area contributed by atoms with E-state index in [2.05, 4.69) is 97.1 Å². The first kappa shape index (κ1) is 44.4. The van der Waals surface area contributed by atoms with Crippen LogP contribution < -0.4 is 14.9 Å². The Morgan fingerprint density at radius 2 is 1.60 bits per heavy atom. The van der Waals surface area contributed by atoms with Gasteiger partial charge in [-0.3, -0.25) is 24.6 Å². The molecule has 3 heterocycles. The fraction of sp³-hybridized carbons (Fsp3) is 0.333. The number of hydrogen-bond acceptors (Lipinski definition) is 11. The van der Waals surface area contributed by atoms with E-state index in [-0.39, 0.29) is 28.1 Å². The minimum absolute atomic E-state index is 0.0970. The SMILES string of the molecule is CC1CCCC(C)N1CCC(CSc1ccccc1)Nc1ccc(S(=O)(=O)Nc2ncnc3cc(N4CCN(Cc5ccccc5-c5ccc(Cl)cc5)CC4)ccc23)cc1[N+](=O)[O-]. The molecule has 0 bridgehead atoms. The van der Waals surface area contributed by atoms with Crippen molar-refractivity contribution >= 4 is 67.2 Å². The smallest absolute Gasteiger partial charge is 0.293 e. The number of nitro groups is 1. The number of benzene rings is 5. The van der Waals surface area contributed by atoms with Gasteiger partial charge in [0.15, 0.2) is 5.82 Å². The van der Waals surface area contributed by atoms with E-state index in [1.165, 1.54) is 36.0 Å². The molecule has 0 amide bonds. The predicted octanol–water partition coefficient (Wildman–Crippen LogP) is 10.2. The summed E-state index contributed by atoms with van der Waals surface area (Å²) in [6.45, 7) is 9.58. The Kier molecular flexibility index (Phi) is 14.1. The lowest BCUT2D eigenvalue weighted by molar-refractivity contribution is -0.384. The van der Waals surface area contributed by atoms with E-state index < -0.39 is 14.9 Å². The molecular formula is C48H53ClN8O4S2. The van der Waals surface area contributed by atoms with E-state index in [4.69, 9.17) is 11.6 Å². The molecule has 5 aromatic carbocycles. The van der Waals surface area contributed by atoms with Crippen LogP contribution in [0, 0.1) is 10.1 Å². The van der Waals surface area contributed by atoms with Gasteiger partial charge in [-0.2, -0.15) is 0 Å². The number of anilines is 3. The zero-order chi connectivity index (χ0) is 43.9. The Labute approximate surface area is 379 Å². The van der Waals surface area contributed by atoms with Crippen molar-refractivity contribution in [1.82, 2.24) is 19.8 Å². The molecule has 0 aliphatic carbocycles. The molecule has 0 spiro atoms. The first-order chi connectivity index (χ1) is 30.5. The zero-order valence-corrected chi connectivity index (χ0v) is 38.0. The summed E-state index contributed by atoms with van der Waals surface area (Å²) < 4.78 is 30.4. The van der Waals surface area contributed by atoms with E-state index in [1.807, 2.05) is 48.5 Å². The molecule has 2 saturated heterocycles. The fourth-order valence-electron chi connectivity index (χ4n) is 8.79. The Hall–Kier alpha value is -5.25. The van der Waals surface area contributed by atoms with Crippen LogP contribution >= 0.6 is 23.4 Å². The summed E-state index contributed by atoms with van der Waals surface area (Å²) in [5, 5.41) is 17.2. The molecule has 328 valence electrons. The summed E-state index contributed by atoms with van der Waals surface area (Å²) in [6, 6.07) is 37.1. The Morgan fingerprint density at radius 3 is 2.35 bits per heavy atom. The van der Waals surface area contributed by atoms with Crippen molar-refractivity contribution in [3.63, 3.8) is 0 Å². The average Bonchev–Trinajstić information content (AvgIpc) is 3.29. The van der Waals surface area contributed by atoms with Crippen LogP contribution in [0.3, 0.4) is 0 Å². The number of nitrogens with one attached hydrogen (secondary N) is 2. The van der Waals surface area contributed by atoms with Crippen LogP contribution in [0.4, 0.5) is 22.9 Å². The second-order valence-electron chi connectivity index (χ2n) is 16.5. The maximum Gasteiger partial charge on any atom is 0.293 e. The van der Waals surface area contributed by atoms with Gasteiger partial charge in [-0.05, 0) is 104 Å². The number of piperazine rings is 1. The highest BCUT2D eigenvalue weighted by Crippen LogP contribution is 2.33. The number of sulfonamides is 1. The lowest BCUT2D eigenvalue weighted by Gasteiger charge is -2.39. The van der Waals surface area contributed by atoms with E-state index in [9.17, 15) is 18.5 Å². The number of aromatic nitrogens is 2. The van der Waals surface area contributed by atoms with Crippen molar-refractivity contribution in [1.29, 1.82) is 0 Å². The maximum absolute atomic E-state index is 13.9. The molecule has 2 aliphatic heterocycles. The van der Waals surface area contributed by atoms with Gasteiger partial charge >= 0.3 is 0 Å². The number of hydrogen-bond donors (Lipinski definition) is 2. The molecule has 8 rings (SSSR count). The van der Waals surface area contributed by atoms with E-state index in [1.54, 1.807) is 11.8 Å². The monoisotopic (exact) mass is 904 g/mol. The molecule has 0 saturated carbocycles. The molecule has 2 N–H and O–H groups in total. The number of fused-ring (bicyclic) bond motifs is 1. The van der Waals surface area contributed by atoms with Crippen LogP contribution in [-0.4, -0.2) is 89.7 Å². The van der Waals surface area contributed by atoms with Gasteiger partial charge in [-0.15, -0.1) is 11.8 Å². The van der Waals surface area contributed by atoms with Crippen LogP contribution in [-0.2, 0) is 16.6 Å². The van der Waals surface area contributed by atoms with Crippen LogP contribution in [0.2, 0.25) is 5.02 Å². The third-order valence-corrected chi connectivity index (χ3v) is 15.1. The molecule has 6 aromatic rings. The topological polar surface area (TPSA) is 137 Å². The van der Waals surface area contributed by atoms with Crippen molar-refractivity contribution < 1.29 is 13.3 Å². The highest BCUT2D eigenvalue weighted by molar-refractivity contribution is 7.99. The zero-order valence-electron chi connectivity index (χ0n) is 35.6. The van der Waals surface area contributed by atoms with Crippen molar-refractivity contribution in [2.24, 2.45) is 0 Å². The van der Waals surface area contributed by atoms with Gasteiger partial charge in [-0.1, -0.05) is 72.6 Å². The summed E-state index contributed by atoms with van der Waals surface area (Å²) >= 11 is 7.85. The summed E-state index contributed by atoms with van der Waals surface area (Å²) in [7, 11) is -4.28. The molecule has 2 aliphatic rings. The molecule has 63 heavy (non-hydrogen) atoms. The highest BCUT2D eigenvalue weighted by Gasteiger charge is 2.28. The molecule has 0 radical (unpaired) electrons. The molecule has 15 heteroatoms. The minimum atomic E-state index is -4.28. The van der Waals surface area contributed by atoms with Gasteiger partial charge in [-0.25, -0.2) is 18.4 Å². The van der Waals surface area contributed by atoms with E-state index >= 15 is 0 Å². The van der Waals surface area contributed by atoms with Gasteiger partial charge in [0.05, 0.1) is 15.3 Å². The van der Waals surface area contributed by atoms with Crippen molar-refractivity contribution in [3.05, 3.63) is 142 Å². The number of likely N-dealkylation sites (tertiary alicyclic amines) is 1. The summed E-state index contributed by atoms with van der Waals surface area (Å²) in [5.41, 5.74) is 5.13.